The molecule has 0 radical (unpaired) electrons. The van der Waals surface area contributed by atoms with Crippen LogP contribution in [0.2, 0.25) is 0 Å². The first-order valence-electron chi connectivity index (χ1n) is 6.53. The molecule has 2 aromatic carbocycles. The highest BCUT2D eigenvalue weighted by Gasteiger charge is 2.15. The maximum Gasteiger partial charge on any atom is 0.303 e. The lowest BCUT2D eigenvalue weighted by Crippen LogP contribution is -2.16. The minimum Gasteiger partial charge on any atom is -0.481 e. The highest BCUT2D eigenvalue weighted by atomic mass is 16.4. The Kier molecular flexibility index (Phi) is 4.17. The van der Waals surface area contributed by atoms with Gasteiger partial charge in [-0.15, -0.1) is 0 Å². The molecule has 2 aromatic rings. The number of rotatable bonds is 5. The minimum absolute atomic E-state index is 0.0754. The van der Waals surface area contributed by atoms with Crippen LogP contribution in [0.4, 0.5) is 0 Å². The monoisotopic (exact) mass is 257 g/mol. The summed E-state index contributed by atoms with van der Waals surface area (Å²) in [5.41, 5.74) is 7.34. The largest absolute Gasteiger partial charge is 0.481 e. The molecule has 0 amide bonds. The Morgan fingerprint density at radius 3 is 2.63 bits per heavy atom. The van der Waals surface area contributed by atoms with Gasteiger partial charge in [-0.1, -0.05) is 49.4 Å². The highest BCUT2D eigenvalue weighted by molar-refractivity contribution is 5.86. The van der Waals surface area contributed by atoms with E-state index in [2.05, 4.69) is 18.2 Å². The van der Waals surface area contributed by atoms with Crippen molar-refractivity contribution in [1.29, 1.82) is 0 Å². The lowest BCUT2D eigenvalue weighted by Gasteiger charge is -2.18. The number of aliphatic carboxylic acids is 1. The van der Waals surface area contributed by atoms with Crippen LogP contribution in [-0.4, -0.2) is 11.1 Å². The van der Waals surface area contributed by atoms with Crippen LogP contribution in [0.15, 0.2) is 42.5 Å². The predicted molar refractivity (Wildman–Crippen MR) is 76.9 cm³/mol. The lowest BCUT2D eigenvalue weighted by molar-refractivity contribution is -0.138. The molecule has 0 spiro atoms. The number of hydrogen-bond donors (Lipinski definition) is 2. The Bertz CT molecular complexity index is 574. The molecule has 100 valence electrons. The van der Waals surface area contributed by atoms with Gasteiger partial charge in [-0.3, -0.25) is 4.79 Å². The quantitative estimate of drug-likeness (QED) is 0.863. The molecule has 2 unspecified atom stereocenters. The Hall–Kier alpha value is -1.87. The average Bonchev–Trinajstić information content (AvgIpc) is 2.36. The van der Waals surface area contributed by atoms with E-state index in [0.29, 0.717) is 6.42 Å². The number of nitrogens with two attached hydrogens (primary N) is 1. The second kappa shape index (κ2) is 5.85. The number of hydrogen-bond acceptors (Lipinski definition) is 2. The van der Waals surface area contributed by atoms with Crippen molar-refractivity contribution in [2.45, 2.75) is 25.8 Å². The number of carbonyl (C=O) groups is 1. The molecule has 19 heavy (non-hydrogen) atoms. The maximum absolute atomic E-state index is 10.7. The third-order valence-electron chi connectivity index (χ3n) is 3.40. The Morgan fingerprint density at radius 2 is 1.89 bits per heavy atom. The van der Waals surface area contributed by atoms with Gasteiger partial charge in [-0.2, -0.15) is 0 Å². The molecule has 2 atom stereocenters. The third-order valence-corrected chi connectivity index (χ3v) is 3.40. The number of carboxylic acid groups (broad SMARTS) is 1. The Morgan fingerprint density at radius 1 is 1.21 bits per heavy atom. The zero-order chi connectivity index (χ0) is 13.8. The molecule has 2 rings (SSSR count). The summed E-state index contributed by atoms with van der Waals surface area (Å²) in [6.07, 6.45) is 0.846. The van der Waals surface area contributed by atoms with Crippen molar-refractivity contribution in [3.63, 3.8) is 0 Å². The van der Waals surface area contributed by atoms with Gasteiger partial charge in [0.2, 0.25) is 0 Å². The zero-order valence-electron chi connectivity index (χ0n) is 11.0. The van der Waals surface area contributed by atoms with Crippen molar-refractivity contribution in [2.24, 2.45) is 11.7 Å². The summed E-state index contributed by atoms with van der Waals surface area (Å²) in [6.45, 7) is 1.93. The SMILES string of the molecule is CC(CC(=O)O)CC(N)c1cccc2ccccc12. The number of fused-ring (bicyclic) bond motifs is 1. The van der Waals surface area contributed by atoms with E-state index in [1.807, 2.05) is 31.2 Å². The second-order valence-corrected chi connectivity index (χ2v) is 5.11. The van der Waals surface area contributed by atoms with E-state index in [9.17, 15) is 4.79 Å². The first kappa shape index (κ1) is 13.6. The fraction of sp³-hybridized carbons (Fsp3) is 0.312. The van der Waals surface area contributed by atoms with Gasteiger partial charge < -0.3 is 10.8 Å². The van der Waals surface area contributed by atoms with Crippen molar-refractivity contribution in [3.8, 4) is 0 Å². The number of carboxylic acids is 1. The van der Waals surface area contributed by atoms with Gasteiger partial charge in [0, 0.05) is 12.5 Å². The van der Waals surface area contributed by atoms with Gasteiger partial charge in [0.15, 0.2) is 0 Å². The summed E-state index contributed by atoms with van der Waals surface area (Å²) >= 11 is 0. The second-order valence-electron chi connectivity index (χ2n) is 5.11. The van der Waals surface area contributed by atoms with Crippen LogP contribution in [0.5, 0.6) is 0 Å². The topological polar surface area (TPSA) is 63.3 Å². The summed E-state index contributed by atoms with van der Waals surface area (Å²) in [6, 6.07) is 14.1. The van der Waals surface area contributed by atoms with E-state index in [-0.39, 0.29) is 18.4 Å². The van der Waals surface area contributed by atoms with Crippen LogP contribution < -0.4 is 5.73 Å². The molecular weight excluding hydrogens is 238 g/mol. The Balaban J connectivity index is 2.21. The van der Waals surface area contributed by atoms with E-state index in [0.717, 1.165) is 10.9 Å². The first-order valence-corrected chi connectivity index (χ1v) is 6.53. The minimum atomic E-state index is -0.766. The standard InChI is InChI=1S/C16H19NO2/c1-11(10-16(18)19)9-15(17)14-8-4-6-12-5-2-3-7-13(12)14/h2-8,11,15H,9-10,17H2,1H3,(H,18,19). The first-order chi connectivity index (χ1) is 9.08. The highest BCUT2D eigenvalue weighted by Crippen LogP contribution is 2.27. The van der Waals surface area contributed by atoms with Gasteiger partial charge in [0.1, 0.15) is 0 Å². The van der Waals surface area contributed by atoms with E-state index < -0.39 is 5.97 Å². The fourth-order valence-corrected chi connectivity index (χ4v) is 2.52. The van der Waals surface area contributed by atoms with E-state index >= 15 is 0 Å². The third kappa shape index (κ3) is 3.32. The summed E-state index contributed by atoms with van der Waals surface area (Å²) in [4.78, 5) is 10.7. The molecule has 3 heteroatoms. The molecule has 0 saturated carbocycles. The Labute approximate surface area is 113 Å². The van der Waals surface area contributed by atoms with Crippen molar-refractivity contribution >= 4 is 16.7 Å². The smallest absolute Gasteiger partial charge is 0.303 e. The summed E-state index contributed by atoms with van der Waals surface area (Å²) in [7, 11) is 0. The van der Waals surface area contributed by atoms with Crippen LogP contribution >= 0.6 is 0 Å². The van der Waals surface area contributed by atoms with Crippen molar-refractivity contribution in [1.82, 2.24) is 0 Å². The molecule has 3 nitrogen and oxygen atoms in total. The normalized spacial score (nSPS) is 14.2. The maximum atomic E-state index is 10.7. The molecule has 3 N–H and O–H groups in total. The molecule has 0 aliphatic carbocycles. The van der Waals surface area contributed by atoms with Crippen LogP contribution in [0, 0.1) is 5.92 Å². The molecule has 0 aromatic heterocycles. The van der Waals surface area contributed by atoms with Crippen LogP contribution in [0.3, 0.4) is 0 Å². The average molecular weight is 257 g/mol. The molecule has 0 aliphatic rings. The van der Waals surface area contributed by atoms with Crippen molar-refractivity contribution < 1.29 is 9.90 Å². The van der Waals surface area contributed by atoms with Crippen LogP contribution in [0.1, 0.15) is 31.4 Å². The van der Waals surface area contributed by atoms with Gasteiger partial charge in [0.05, 0.1) is 0 Å². The molecule has 0 bridgehead atoms. The lowest BCUT2D eigenvalue weighted by atomic mass is 9.91. The summed E-state index contributed by atoms with van der Waals surface area (Å²) in [5, 5.41) is 11.1. The van der Waals surface area contributed by atoms with E-state index in [1.54, 1.807) is 0 Å². The van der Waals surface area contributed by atoms with E-state index in [4.69, 9.17) is 10.8 Å². The van der Waals surface area contributed by atoms with Gasteiger partial charge in [-0.05, 0) is 28.7 Å². The van der Waals surface area contributed by atoms with E-state index in [1.165, 1.54) is 5.39 Å². The zero-order valence-corrected chi connectivity index (χ0v) is 11.0. The number of benzene rings is 2. The van der Waals surface area contributed by atoms with Crippen molar-refractivity contribution in [3.05, 3.63) is 48.0 Å². The molecule has 0 heterocycles. The van der Waals surface area contributed by atoms with Crippen LogP contribution in [0.25, 0.3) is 10.8 Å². The van der Waals surface area contributed by atoms with Crippen molar-refractivity contribution in [2.75, 3.05) is 0 Å². The molecule has 0 saturated heterocycles. The fourth-order valence-electron chi connectivity index (χ4n) is 2.52. The predicted octanol–water partition coefficient (Wildman–Crippen LogP) is 3.34. The van der Waals surface area contributed by atoms with Gasteiger partial charge in [-0.25, -0.2) is 0 Å². The summed E-state index contributed by atoms with van der Waals surface area (Å²) in [5.74, 6) is -0.691. The molecule has 0 aliphatic heterocycles. The summed E-state index contributed by atoms with van der Waals surface area (Å²) < 4.78 is 0. The van der Waals surface area contributed by atoms with Crippen LogP contribution in [-0.2, 0) is 4.79 Å². The van der Waals surface area contributed by atoms with Gasteiger partial charge >= 0.3 is 5.97 Å². The molecule has 0 fully saturated rings. The van der Waals surface area contributed by atoms with Gasteiger partial charge in [0.25, 0.3) is 0 Å². The molecular formula is C16H19NO2.